The Bertz CT molecular complexity index is 726. The fourth-order valence-electron chi connectivity index (χ4n) is 3.39. The largest absolute Gasteiger partial charge is 0.364 e. The Hall–Kier alpha value is -1.20. The predicted octanol–water partition coefficient (Wildman–Crippen LogP) is 0.0524. The van der Waals surface area contributed by atoms with Gasteiger partial charge in [0.2, 0.25) is 10.0 Å². The molecule has 1 aromatic heterocycles. The highest BCUT2D eigenvalue weighted by molar-refractivity contribution is 7.89. The zero-order valence-electron chi connectivity index (χ0n) is 14.9. The molecule has 2 N–H and O–H groups in total. The highest BCUT2D eigenvalue weighted by Gasteiger charge is 2.37. The van der Waals surface area contributed by atoms with Crippen LogP contribution in [0.1, 0.15) is 24.3 Å². The SMILES string of the molecule is Cc1noc(C)c1S(=O)(=O)N1CCN(C(=O)[C@@H]2CC[C@H](CN)O2)CC1.Cl. The third-order valence-electron chi connectivity index (χ3n) is 4.76. The summed E-state index contributed by atoms with van der Waals surface area (Å²) in [5.74, 6) is 0.202. The van der Waals surface area contributed by atoms with Crippen LogP contribution >= 0.6 is 12.4 Å². The van der Waals surface area contributed by atoms with E-state index in [2.05, 4.69) is 5.16 Å². The van der Waals surface area contributed by atoms with E-state index in [-0.39, 0.29) is 48.2 Å². The number of nitrogens with two attached hydrogens (primary N) is 1. The molecule has 2 atom stereocenters. The third kappa shape index (κ3) is 3.89. The molecule has 0 aromatic carbocycles. The highest BCUT2D eigenvalue weighted by Crippen LogP contribution is 2.25. The standard InChI is InChI=1S/C15H24N4O5S.ClH/c1-10-14(11(2)24-17-10)25(21,22)19-7-5-18(6-8-19)15(20)13-4-3-12(9-16)23-13;/h12-13H,3-9,16H2,1-2H3;1H/t12-,13+;/m1./s1. The zero-order chi connectivity index (χ0) is 18.2. The molecule has 2 aliphatic rings. The number of rotatable bonds is 4. The average Bonchev–Trinajstić information content (AvgIpc) is 3.21. The second-order valence-corrected chi connectivity index (χ2v) is 8.32. The molecule has 2 fully saturated rings. The minimum atomic E-state index is -3.67. The summed E-state index contributed by atoms with van der Waals surface area (Å²) in [5, 5.41) is 3.72. The van der Waals surface area contributed by atoms with Crippen LogP contribution in [0.15, 0.2) is 9.42 Å². The molecule has 9 nitrogen and oxygen atoms in total. The van der Waals surface area contributed by atoms with E-state index in [4.69, 9.17) is 15.0 Å². The molecular weight excluding hydrogens is 384 g/mol. The van der Waals surface area contributed by atoms with Crippen molar-refractivity contribution in [1.82, 2.24) is 14.4 Å². The number of ether oxygens (including phenoxy) is 1. The monoisotopic (exact) mass is 408 g/mol. The van der Waals surface area contributed by atoms with E-state index in [1.165, 1.54) is 4.31 Å². The van der Waals surface area contributed by atoms with Gasteiger partial charge in [0, 0.05) is 32.7 Å². The second kappa shape index (κ2) is 8.22. The van der Waals surface area contributed by atoms with Gasteiger partial charge in [-0.1, -0.05) is 5.16 Å². The van der Waals surface area contributed by atoms with E-state index < -0.39 is 16.1 Å². The first-order valence-electron chi connectivity index (χ1n) is 8.42. The molecule has 1 amide bonds. The number of hydrogen-bond donors (Lipinski definition) is 1. The molecule has 0 unspecified atom stereocenters. The van der Waals surface area contributed by atoms with Crippen molar-refractivity contribution in [2.75, 3.05) is 32.7 Å². The molecule has 148 valence electrons. The van der Waals surface area contributed by atoms with Crippen molar-refractivity contribution in [2.24, 2.45) is 5.73 Å². The van der Waals surface area contributed by atoms with Gasteiger partial charge in [0.05, 0.1) is 6.10 Å². The summed E-state index contributed by atoms with van der Waals surface area (Å²) in [4.78, 5) is 14.3. The summed E-state index contributed by atoms with van der Waals surface area (Å²) in [6.07, 6.45) is 0.931. The maximum atomic E-state index is 12.8. The van der Waals surface area contributed by atoms with Crippen LogP contribution in [0.2, 0.25) is 0 Å². The number of halogens is 1. The van der Waals surface area contributed by atoms with Gasteiger partial charge >= 0.3 is 0 Å². The Labute approximate surface area is 159 Å². The molecule has 3 rings (SSSR count). The summed E-state index contributed by atoms with van der Waals surface area (Å²) < 4.78 is 37.6. The molecule has 0 radical (unpaired) electrons. The van der Waals surface area contributed by atoms with Gasteiger partial charge in [0.1, 0.15) is 16.7 Å². The van der Waals surface area contributed by atoms with E-state index in [0.29, 0.717) is 31.7 Å². The molecule has 0 spiro atoms. The summed E-state index contributed by atoms with van der Waals surface area (Å²) in [5.41, 5.74) is 5.93. The van der Waals surface area contributed by atoms with E-state index in [9.17, 15) is 13.2 Å². The van der Waals surface area contributed by atoms with E-state index in [1.54, 1.807) is 18.7 Å². The first-order valence-corrected chi connectivity index (χ1v) is 9.86. The number of sulfonamides is 1. The van der Waals surface area contributed by atoms with E-state index in [0.717, 1.165) is 6.42 Å². The first-order chi connectivity index (χ1) is 11.8. The normalized spacial score (nSPS) is 24.5. The maximum absolute atomic E-state index is 12.8. The summed E-state index contributed by atoms with van der Waals surface area (Å²) >= 11 is 0. The Morgan fingerprint density at radius 1 is 1.23 bits per heavy atom. The summed E-state index contributed by atoms with van der Waals surface area (Å²) in [6, 6.07) is 0. The smallest absolute Gasteiger partial charge is 0.251 e. The minimum absolute atomic E-state index is 0. The van der Waals surface area contributed by atoms with Crippen LogP contribution in [0.5, 0.6) is 0 Å². The highest BCUT2D eigenvalue weighted by atomic mass is 35.5. The Kier molecular flexibility index (Phi) is 6.67. The van der Waals surface area contributed by atoms with Crippen LogP contribution in [0, 0.1) is 13.8 Å². The zero-order valence-corrected chi connectivity index (χ0v) is 16.5. The van der Waals surface area contributed by atoms with Crippen LogP contribution < -0.4 is 5.73 Å². The van der Waals surface area contributed by atoms with Crippen LogP contribution in [0.25, 0.3) is 0 Å². The molecule has 2 saturated heterocycles. The topological polar surface area (TPSA) is 119 Å². The van der Waals surface area contributed by atoms with Gasteiger partial charge in [0.25, 0.3) is 5.91 Å². The molecule has 3 heterocycles. The fourth-order valence-corrected chi connectivity index (χ4v) is 5.10. The summed E-state index contributed by atoms with van der Waals surface area (Å²) in [7, 11) is -3.67. The van der Waals surface area contributed by atoms with Crippen molar-refractivity contribution in [1.29, 1.82) is 0 Å². The number of amides is 1. The van der Waals surface area contributed by atoms with Gasteiger partial charge < -0.3 is 19.9 Å². The molecular formula is C15H25ClN4O5S. The van der Waals surface area contributed by atoms with Gasteiger partial charge in [-0.25, -0.2) is 8.42 Å². The van der Waals surface area contributed by atoms with Crippen molar-refractivity contribution in [2.45, 2.75) is 43.8 Å². The van der Waals surface area contributed by atoms with Crippen LogP contribution in [0.3, 0.4) is 0 Å². The van der Waals surface area contributed by atoms with Gasteiger partial charge in [-0.3, -0.25) is 4.79 Å². The molecule has 26 heavy (non-hydrogen) atoms. The minimum Gasteiger partial charge on any atom is -0.364 e. The Morgan fingerprint density at radius 3 is 2.38 bits per heavy atom. The molecule has 1 aromatic rings. The van der Waals surface area contributed by atoms with Crippen molar-refractivity contribution in [3.63, 3.8) is 0 Å². The summed E-state index contributed by atoms with van der Waals surface area (Å²) in [6.45, 7) is 4.76. The lowest BCUT2D eigenvalue weighted by Crippen LogP contribution is -2.52. The van der Waals surface area contributed by atoms with Crippen LogP contribution in [-0.4, -0.2) is 73.6 Å². The van der Waals surface area contributed by atoms with Crippen molar-refractivity contribution in [3.05, 3.63) is 11.5 Å². The van der Waals surface area contributed by atoms with Crippen LogP contribution in [0.4, 0.5) is 0 Å². The number of carbonyl (C=O) groups excluding carboxylic acids is 1. The van der Waals surface area contributed by atoms with Gasteiger partial charge in [-0.2, -0.15) is 4.31 Å². The quantitative estimate of drug-likeness (QED) is 0.747. The number of nitrogens with zero attached hydrogens (tertiary/aromatic N) is 3. The van der Waals surface area contributed by atoms with E-state index in [1.807, 2.05) is 0 Å². The Balaban J connectivity index is 0.00000243. The number of carbonyl (C=O) groups is 1. The van der Waals surface area contributed by atoms with Crippen molar-refractivity contribution >= 4 is 28.3 Å². The average molecular weight is 409 g/mol. The van der Waals surface area contributed by atoms with Crippen LogP contribution in [-0.2, 0) is 19.6 Å². The molecule has 2 aliphatic heterocycles. The van der Waals surface area contributed by atoms with Gasteiger partial charge in [-0.15, -0.1) is 12.4 Å². The molecule has 0 aliphatic carbocycles. The lowest BCUT2D eigenvalue weighted by atomic mass is 10.1. The number of aryl methyl sites for hydroxylation is 2. The predicted molar refractivity (Wildman–Crippen MR) is 95.5 cm³/mol. The molecule has 0 saturated carbocycles. The number of piperazine rings is 1. The maximum Gasteiger partial charge on any atom is 0.251 e. The molecule has 0 bridgehead atoms. The third-order valence-corrected chi connectivity index (χ3v) is 6.91. The Morgan fingerprint density at radius 2 is 1.88 bits per heavy atom. The van der Waals surface area contributed by atoms with Crippen molar-refractivity contribution in [3.8, 4) is 0 Å². The van der Waals surface area contributed by atoms with Gasteiger partial charge in [-0.05, 0) is 26.7 Å². The number of aromatic nitrogens is 1. The van der Waals surface area contributed by atoms with E-state index >= 15 is 0 Å². The fraction of sp³-hybridized carbons (Fsp3) is 0.733. The van der Waals surface area contributed by atoms with Gasteiger partial charge in [0.15, 0.2) is 5.76 Å². The molecule has 11 heteroatoms. The number of hydrogen-bond acceptors (Lipinski definition) is 7. The first kappa shape index (κ1) is 21.1. The lowest BCUT2D eigenvalue weighted by Gasteiger charge is -2.35. The second-order valence-electron chi connectivity index (χ2n) is 6.44. The van der Waals surface area contributed by atoms with Crippen molar-refractivity contribution < 1.29 is 22.5 Å². The lowest BCUT2D eigenvalue weighted by molar-refractivity contribution is -0.143.